The Labute approximate surface area is 67.1 Å². The molecule has 2 aliphatic heterocycles. The first-order valence-corrected chi connectivity index (χ1v) is 4.30. The van der Waals surface area contributed by atoms with Crippen LogP contribution in [0.4, 0.5) is 0 Å². The van der Waals surface area contributed by atoms with Crippen molar-refractivity contribution in [2.75, 3.05) is 26.3 Å². The molecule has 0 bridgehead atoms. The summed E-state index contributed by atoms with van der Waals surface area (Å²) in [6.45, 7) is 5.71. The average Bonchev–Trinajstić information content (AvgIpc) is 2.36. The lowest BCUT2D eigenvalue weighted by Gasteiger charge is -2.36. The van der Waals surface area contributed by atoms with Crippen LogP contribution in [0.15, 0.2) is 0 Å². The third-order valence-corrected chi connectivity index (χ3v) is 2.73. The predicted octanol–water partition coefficient (Wildman–Crippen LogP) is 0.154. The van der Waals surface area contributed by atoms with Gasteiger partial charge in [-0.05, 0) is 6.92 Å². The van der Waals surface area contributed by atoms with Gasteiger partial charge in [0.25, 0.3) is 0 Å². The smallest absolute Gasteiger partial charge is 0.109 e. The van der Waals surface area contributed by atoms with Crippen molar-refractivity contribution in [3.05, 3.63) is 0 Å². The highest BCUT2D eigenvalue weighted by atomic mass is 16.6. The van der Waals surface area contributed by atoms with Gasteiger partial charge in [-0.15, -0.1) is 0 Å². The molecule has 0 aromatic rings. The summed E-state index contributed by atoms with van der Waals surface area (Å²) in [7, 11) is 0. The predicted molar refractivity (Wildman–Crippen MR) is 41.6 cm³/mol. The van der Waals surface area contributed by atoms with Gasteiger partial charge >= 0.3 is 0 Å². The van der Waals surface area contributed by atoms with E-state index in [1.54, 1.807) is 0 Å². The Balaban J connectivity index is 2.06. The van der Waals surface area contributed by atoms with Gasteiger partial charge in [0.1, 0.15) is 5.60 Å². The molecule has 0 aliphatic carbocycles. The zero-order valence-corrected chi connectivity index (χ0v) is 6.93. The lowest BCUT2D eigenvalue weighted by atomic mass is 9.95. The molecule has 11 heavy (non-hydrogen) atoms. The Morgan fingerprint density at radius 3 is 2.91 bits per heavy atom. The maximum atomic E-state index is 5.75. The van der Waals surface area contributed by atoms with E-state index in [2.05, 4.69) is 12.2 Å². The van der Waals surface area contributed by atoms with Gasteiger partial charge in [-0.3, -0.25) is 0 Å². The molecular formula is C8H15NO2. The normalized spacial score (nSPS) is 45.0. The summed E-state index contributed by atoms with van der Waals surface area (Å²) in [4.78, 5) is 0. The van der Waals surface area contributed by atoms with E-state index in [0.29, 0.717) is 0 Å². The number of hydrogen-bond donors (Lipinski definition) is 1. The van der Waals surface area contributed by atoms with Gasteiger partial charge in [0.15, 0.2) is 0 Å². The third-order valence-electron chi connectivity index (χ3n) is 2.73. The summed E-state index contributed by atoms with van der Waals surface area (Å²) >= 11 is 0. The van der Waals surface area contributed by atoms with E-state index in [9.17, 15) is 0 Å². The van der Waals surface area contributed by atoms with E-state index < -0.39 is 0 Å². The standard InChI is InChI=1S/C8H15NO2/c1-7-8(2-4-10-7)6-9-3-5-11-8/h7,9H,2-6H2,1H3/t7-,8-/m1/s1. The van der Waals surface area contributed by atoms with Crippen molar-refractivity contribution in [2.45, 2.75) is 25.0 Å². The fourth-order valence-corrected chi connectivity index (χ4v) is 1.86. The fraction of sp³-hybridized carbons (Fsp3) is 1.00. The second-order valence-corrected chi connectivity index (χ2v) is 3.35. The summed E-state index contributed by atoms with van der Waals surface area (Å²) in [5.74, 6) is 0. The van der Waals surface area contributed by atoms with E-state index in [1.807, 2.05) is 0 Å². The Morgan fingerprint density at radius 2 is 2.36 bits per heavy atom. The molecule has 0 radical (unpaired) electrons. The molecule has 2 atom stereocenters. The maximum absolute atomic E-state index is 5.75. The highest BCUT2D eigenvalue weighted by Crippen LogP contribution is 2.30. The number of nitrogens with one attached hydrogen (secondary N) is 1. The molecule has 1 N–H and O–H groups in total. The fourth-order valence-electron chi connectivity index (χ4n) is 1.86. The van der Waals surface area contributed by atoms with Gasteiger partial charge in [-0.25, -0.2) is 0 Å². The van der Waals surface area contributed by atoms with Crippen molar-refractivity contribution in [1.29, 1.82) is 0 Å². The highest BCUT2D eigenvalue weighted by molar-refractivity contribution is 4.95. The number of ether oxygens (including phenoxy) is 2. The van der Waals surface area contributed by atoms with Crippen LogP contribution >= 0.6 is 0 Å². The van der Waals surface area contributed by atoms with Crippen LogP contribution in [0.5, 0.6) is 0 Å². The first-order chi connectivity index (χ1) is 5.33. The quantitative estimate of drug-likeness (QED) is 0.543. The molecule has 0 saturated carbocycles. The van der Waals surface area contributed by atoms with Gasteiger partial charge in [0.2, 0.25) is 0 Å². The van der Waals surface area contributed by atoms with Crippen molar-refractivity contribution < 1.29 is 9.47 Å². The minimum absolute atomic E-state index is 0.00174. The number of rotatable bonds is 0. The Bertz CT molecular complexity index is 143. The lowest BCUT2D eigenvalue weighted by molar-refractivity contribution is -0.0999. The van der Waals surface area contributed by atoms with Gasteiger partial charge in [0.05, 0.1) is 12.7 Å². The molecule has 3 nitrogen and oxygen atoms in total. The van der Waals surface area contributed by atoms with E-state index in [0.717, 1.165) is 32.7 Å². The number of hydrogen-bond acceptors (Lipinski definition) is 3. The van der Waals surface area contributed by atoms with Gasteiger partial charge in [-0.2, -0.15) is 0 Å². The minimum atomic E-state index is -0.00174. The summed E-state index contributed by atoms with van der Waals surface area (Å²) < 4.78 is 11.2. The van der Waals surface area contributed by atoms with E-state index in [4.69, 9.17) is 9.47 Å². The van der Waals surface area contributed by atoms with Crippen LogP contribution in [0, 0.1) is 0 Å². The van der Waals surface area contributed by atoms with E-state index in [1.165, 1.54) is 0 Å². The molecule has 0 aromatic heterocycles. The molecule has 2 fully saturated rings. The molecular weight excluding hydrogens is 142 g/mol. The molecule has 0 aromatic carbocycles. The number of morpholine rings is 1. The van der Waals surface area contributed by atoms with Crippen LogP contribution in [0.25, 0.3) is 0 Å². The van der Waals surface area contributed by atoms with Crippen LogP contribution in [0.3, 0.4) is 0 Å². The van der Waals surface area contributed by atoms with Gasteiger partial charge in [-0.1, -0.05) is 0 Å². The van der Waals surface area contributed by atoms with Crippen LogP contribution < -0.4 is 5.32 Å². The monoisotopic (exact) mass is 157 g/mol. The summed E-state index contributed by atoms with van der Waals surface area (Å²) in [6.07, 6.45) is 1.30. The molecule has 2 heterocycles. The molecule has 2 aliphatic rings. The molecule has 2 rings (SSSR count). The molecule has 1 spiro atoms. The first-order valence-electron chi connectivity index (χ1n) is 4.30. The van der Waals surface area contributed by atoms with Crippen molar-refractivity contribution >= 4 is 0 Å². The largest absolute Gasteiger partial charge is 0.375 e. The first kappa shape index (κ1) is 7.53. The molecule has 0 amide bonds. The van der Waals surface area contributed by atoms with Crippen LogP contribution in [0.2, 0.25) is 0 Å². The Morgan fingerprint density at radius 1 is 1.45 bits per heavy atom. The van der Waals surface area contributed by atoms with Crippen molar-refractivity contribution in [3.63, 3.8) is 0 Å². The van der Waals surface area contributed by atoms with Crippen LogP contribution in [-0.4, -0.2) is 38.0 Å². The summed E-state index contributed by atoms with van der Waals surface area (Å²) in [5.41, 5.74) is -0.00174. The summed E-state index contributed by atoms with van der Waals surface area (Å²) in [5, 5.41) is 3.34. The zero-order chi connectivity index (χ0) is 7.73. The lowest BCUT2D eigenvalue weighted by Crippen LogP contribution is -2.53. The van der Waals surface area contributed by atoms with Gasteiger partial charge in [0, 0.05) is 26.1 Å². The van der Waals surface area contributed by atoms with E-state index >= 15 is 0 Å². The molecule has 0 unspecified atom stereocenters. The molecule has 64 valence electrons. The Kier molecular flexibility index (Phi) is 1.87. The van der Waals surface area contributed by atoms with Crippen molar-refractivity contribution in [2.24, 2.45) is 0 Å². The van der Waals surface area contributed by atoms with Gasteiger partial charge < -0.3 is 14.8 Å². The SMILES string of the molecule is C[C@H]1OCC[C@@]12CNCCO2. The maximum Gasteiger partial charge on any atom is 0.109 e. The third kappa shape index (κ3) is 1.17. The van der Waals surface area contributed by atoms with Crippen LogP contribution in [0.1, 0.15) is 13.3 Å². The zero-order valence-electron chi connectivity index (χ0n) is 6.93. The summed E-state index contributed by atoms with van der Waals surface area (Å²) in [6, 6.07) is 0. The van der Waals surface area contributed by atoms with E-state index in [-0.39, 0.29) is 11.7 Å². The van der Waals surface area contributed by atoms with Crippen LogP contribution in [-0.2, 0) is 9.47 Å². The highest BCUT2D eigenvalue weighted by Gasteiger charge is 2.43. The second kappa shape index (κ2) is 2.73. The molecule has 2 saturated heterocycles. The van der Waals surface area contributed by atoms with Crippen molar-refractivity contribution in [3.8, 4) is 0 Å². The average molecular weight is 157 g/mol. The van der Waals surface area contributed by atoms with Crippen molar-refractivity contribution in [1.82, 2.24) is 5.32 Å². The minimum Gasteiger partial charge on any atom is -0.375 e. The molecule has 3 heteroatoms. The topological polar surface area (TPSA) is 30.5 Å². The Hall–Kier alpha value is -0.120. The second-order valence-electron chi connectivity index (χ2n) is 3.35.